The molecule has 0 heterocycles. The van der Waals surface area contributed by atoms with Gasteiger partial charge in [0.15, 0.2) is 5.11 Å². The van der Waals surface area contributed by atoms with Crippen molar-refractivity contribution < 1.29 is 14.3 Å². The second-order valence-electron chi connectivity index (χ2n) is 7.26. The van der Waals surface area contributed by atoms with Crippen LogP contribution in [0.2, 0.25) is 0 Å². The topological polar surface area (TPSA) is 70.7 Å². The predicted molar refractivity (Wildman–Crippen MR) is 135 cm³/mol. The third-order valence-electron chi connectivity index (χ3n) is 5.01. The van der Waals surface area contributed by atoms with Gasteiger partial charge >= 0.3 is 0 Å². The van der Waals surface area contributed by atoms with Gasteiger partial charge in [-0.2, -0.15) is 0 Å². The van der Waals surface area contributed by atoms with Crippen LogP contribution in [0.1, 0.15) is 33.2 Å². The monoisotopic (exact) mass is 461 g/mol. The van der Waals surface area contributed by atoms with E-state index < -0.39 is 0 Å². The van der Waals surface area contributed by atoms with Crippen molar-refractivity contribution in [3.63, 3.8) is 0 Å². The second-order valence-corrected chi connectivity index (χ2v) is 7.64. The molecule has 2 N–H and O–H groups in total. The molecule has 0 radical (unpaired) electrons. The molecule has 6 nitrogen and oxygen atoms in total. The minimum Gasteiger partial charge on any atom is -0.493 e. The van der Waals surface area contributed by atoms with Crippen LogP contribution in [-0.4, -0.2) is 37.1 Å². The normalized spacial score (nSPS) is 10.2. The zero-order chi connectivity index (χ0) is 23.6. The van der Waals surface area contributed by atoms with Gasteiger partial charge < -0.3 is 15.0 Å². The SMILES string of the molecule is CCOc1ccccc1C(=O)NC(=S)N(C)c1ccccc1C(=O)NCCc1ccccc1. The van der Waals surface area contributed by atoms with Crippen molar-refractivity contribution in [3.05, 3.63) is 95.6 Å². The molecule has 0 atom stereocenters. The highest BCUT2D eigenvalue weighted by Gasteiger charge is 2.19. The van der Waals surface area contributed by atoms with E-state index in [0.717, 1.165) is 12.0 Å². The van der Waals surface area contributed by atoms with Gasteiger partial charge in [-0.1, -0.05) is 54.6 Å². The number of carbonyl (C=O) groups excluding carboxylic acids is 2. The summed E-state index contributed by atoms with van der Waals surface area (Å²) < 4.78 is 5.53. The molecule has 2 amide bonds. The Morgan fingerprint density at radius 1 is 0.879 bits per heavy atom. The highest BCUT2D eigenvalue weighted by molar-refractivity contribution is 7.80. The number of nitrogens with zero attached hydrogens (tertiary/aromatic N) is 1. The van der Waals surface area contributed by atoms with Gasteiger partial charge in [0.25, 0.3) is 11.8 Å². The van der Waals surface area contributed by atoms with Crippen molar-refractivity contribution >= 4 is 34.8 Å². The third-order valence-corrected chi connectivity index (χ3v) is 5.38. The van der Waals surface area contributed by atoms with E-state index in [4.69, 9.17) is 17.0 Å². The largest absolute Gasteiger partial charge is 0.493 e. The van der Waals surface area contributed by atoms with Crippen LogP contribution >= 0.6 is 12.2 Å². The smallest absolute Gasteiger partial charge is 0.261 e. The fourth-order valence-corrected chi connectivity index (χ4v) is 3.50. The third kappa shape index (κ3) is 6.40. The number of hydrogen-bond donors (Lipinski definition) is 2. The maximum absolute atomic E-state index is 12.9. The second kappa shape index (κ2) is 11.8. The number of amides is 2. The zero-order valence-electron chi connectivity index (χ0n) is 18.7. The Hall–Kier alpha value is -3.71. The van der Waals surface area contributed by atoms with E-state index >= 15 is 0 Å². The molecule has 0 aliphatic rings. The lowest BCUT2D eigenvalue weighted by Crippen LogP contribution is -2.41. The summed E-state index contributed by atoms with van der Waals surface area (Å²) in [4.78, 5) is 27.3. The van der Waals surface area contributed by atoms with E-state index in [0.29, 0.717) is 35.7 Å². The summed E-state index contributed by atoms with van der Waals surface area (Å²) >= 11 is 5.46. The van der Waals surface area contributed by atoms with E-state index in [-0.39, 0.29) is 16.9 Å². The van der Waals surface area contributed by atoms with Crippen molar-refractivity contribution in [2.45, 2.75) is 13.3 Å². The molecule has 3 aromatic carbocycles. The predicted octanol–water partition coefficient (Wildman–Crippen LogP) is 4.21. The van der Waals surface area contributed by atoms with Crippen LogP contribution in [0, 0.1) is 0 Å². The molecule has 7 heteroatoms. The molecule has 33 heavy (non-hydrogen) atoms. The Labute approximate surface area is 199 Å². The Morgan fingerprint density at radius 2 is 1.52 bits per heavy atom. The van der Waals surface area contributed by atoms with Crippen LogP contribution in [0.15, 0.2) is 78.9 Å². The first-order chi connectivity index (χ1) is 16.0. The van der Waals surface area contributed by atoms with Crippen molar-refractivity contribution in [1.82, 2.24) is 10.6 Å². The van der Waals surface area contributed by atoms with Crippen molar-refractivity contribution in [2.75, 3.05) is 25.1 Å². The Morgan fingerprint density at radius 3 is 2.24 bits per heavy atom. The molecule has 170 valence electrons. The van der Waals surface area contributed by atoms with Gasteiger partial charge in [0, 0.05) is 13.6 Å². The molecule has 0 aromatic heterocycles. The number of thiocarbonyl (C=S) groups is 1. The summed E-state index contributed by atoms with van der Waals surface area (Å²) in [5.41, 5.74) is 2.61. The number of anilines is 1. The summed E-state index contributed by atoms with van der Waals surface area (Å²) in [5, 5.41) is 5.86. The molecule has 3 aromatic rings. The lowest BCUT2D eigenvalue weighted by molar-refractivity contribution is 0.0952. The van der Waals surface area contributed by atoms with Crippen molar-refractivity contribution in [1.29, 1.82) is 0 Å². The lowest BCUT2D eigenvalue weighted by atomic mass is 10.1. The van der Waals surface area contributed by atoms with Crippen LogP contribution in [-0.2, 0) is 6.42 Å². The minimum absolute atomic E-state index is 0.177. The lowest BCUT2D eigenvalue weighted by Gasteiger charge is -2.23. The summed E-state index contributed by atoms with van der Waals surface area (Å²) in [6.07, 6.45) is 0.734. The van der Waals surface area contributed by atoms with E-state index in [1.165, 1.54) is 0 Å². The molecular formula is C26H27N3O3S. The summed E-state index contributed by atoms with van der Waals surface area (Å²) in [7, 11) is 1.72. The molecule has 0 aliphatic carbocycles. The molecule has 0 saturated heterocycles. The van der Waals surface area contributed by atoms with Crippen LogP contribution in [0.4, 0.5) is 5.69 Å². The van der Waals surface area contributed by atoms with Crippen molar-refractivity contribution in [2.24, 2.45) is 0 Å². The van der Waals surface area contributed by atoms with Gasteiger partial charge in [-0.25, -0.2) is 0 Å². The molecule has 3 rings (SSSR count). The number of rotatable bonds is 8. The summed E-state index contributed by atoms with van der Waals surface area (Å²) in [6, 6.07) is 24.1. The van der Waals surface area contributed by atoms with E-state index in [9.17, 15) is 9.59 Å². The van der Waals surface area contributed by atoms with Gasteiger partial charge in [-0.3, -0.25) is 14.9 Å². The fourth-order valence-electron chi connectivity index (χ4n) is 3.31. The molecular weight excluding hydrogens is 434 g/mol. The highest BCUT2D eigenvalue weighted by Crippen LogP contribution is 2.21. The Kier molecular flexibility index (Phi) is 8.55. The van der Waals surface area contributed by atoms with Gasteiger partial charge in [-0.15, -0.1) is 0 Å². The Bertz CT molecular complexity index is 1120. The molecule has 0 saturated carbocycles. The van der Waals surface area contributed by atoms with Gasteiger partial charge in [-0.05, 0) is 55.4 Å². The number of nitrogens with one attached hydrogen (secondary N) is 2. The summed E-state index contributed by atoms with van der Waals surface area (Å²) in [5.74, 6) is -0.0916. The molecule has 0 fully saturated rings. The minimum atomic E-state index is -0.374. The maximum atomic E-state index is 12.9. The number of para-hydroxylation sites is 2. The standard InChI is InChI=1S/C26H27N3O3S/c1-3-32-23-16-10-8-14-21(23)25(31)28-26(33)29(2)22-15-9-7-13-20(22)24(30)27-18-17-19-11-5-4-6-12-19/h4-16H,3,17-18H2,1-2H3,(H,27,30)(H,28,31,33). The first-order valence-corrected chi connectivity index (χ1v) is 11.1. The van der Waals surface area contributed by atoms with Crippen LogP contribution in [0.5, 0.6) is 5.75 Å². The van der Waals surface area contributed by atoms with E-state index in [1.807, 2.05) is 43.3 Å². The first-order valence-electron chi connectivity index (χ1n) is 10.7. The molecule has 0 unspecified atom stereocenters. The van der Waals surface area contributed by atoms with Gasteiger partial charge in [0.1, 0.15) is 5.75 Å². The van der Waals surface area contributed by atoms with Crippen LogP contribution in [0.3, 0.4) is 0 Å². The number of ether oxygens (including phenoxy) is 1. The maximum Gasteiger partial charge on any atom is 0.261 e. The zero-order valence-corrected chi connectivity index (χ0v) is 19.5. The quantitative estimate of drug-likeness (QED) is 0.492. The number of benzene rings is 3. The highest BCUT2D eigenvalue weighted by atomic mass is 32.1. The molecule has 0 bridgehead atoms. The van der Waals surface area contributed by atoms with Crippen LogP contribution in [0.25, 0.3) is 0 Å². The molecule has 0 spiro atoms. The average Bonchev–Trinajstić information content (AvgIpc) is 2.84. The van der Waals surface area contributed by atoms with E-state index in [1.54, 1.807) is 54.4 Å². The fraction of sp³-hybridized carbons (Fsp3) is 0.192. The first kappa shape index (κ1) is 23.9. The van der Waals surface area contributed by atoms with Crippen LogP contribution < -0.4 is 20.3 Å². The molecule has 0 aliphatic heterocycles. The average molecular weight is 462 g/mol. The summed E-state index contributed by atoms with van der Waals surface area (Å²) in [6.45, 7) is 2.81. The van der Waals surface area contributed by atoms with E-state index in [2.05, 4.69) is 10.6 Å². The van der Waals surface area contributed by atoms with Crippen molar-refractivity contribution in [3.8, 4) is 5.75 Å². The Balaban J connectivity index is 1.67. The van der Waals surface area contributed by atoms with Gasteiger partial charge in [0.2, 0.25) is 0 Å². The number of carbonyl (C=O) groups is 2. The van der Waals surface area contributed by atoms with Gasteiger partial charge in [0.05, 0.1) is 23.4 Å². The number of hydrogen-bond acceptors (Lipinski definition) is 4.